The van der Waals surface area contributed by atoms with Crippen LogP contribution in [-0.2, 0) is 11.2 Å². The van der Waals surface area contributed by atoms with Crippen molar-refractivity contribution >= 4 is 0 Å². The molecule has 0 radical (unpaired) electrons. The largest absolute Gasteiger partial charge is 0.378 e. The summed E-state index contributed by atoms with van der Waals surface area (Å²) in [5, 5.41) is 7.18. The summed E-state index contributed by atoms with van der Waals surface area (Å²) < 4.78 is 5.66. The average molecular weight is 209 g/mol. The van der Waals surface area contributed by atoms with E-state index in [0.717, 1.165) is 31.1 Å². The maximum Gasteiger partial charge on any atom is 0.153 e. The van der Waals surface area contributed by atoms with Crippen LogP contribution in [0.5, 0.6) is 0 Å². The highest BCUT2D eigenvalue weighted by atomic mass is 16.5. The van der Waals surface area contributed by atoms with Crippen LogP contribution in [0, 0.1) is 0 Å². The van der Waals surface area contributed by atoms with Gasteiger partial charge in [-0.25, -0.2) is 4.98 Å². The summed E-state index contributed by atoms with van der Waals surface area (Å²) in [7, 11) is 0. The minimum atomic E-state index is 0.340. The van der Waals surface area contributed by atoms with Gasteiger partial charge in [0.05, 0.1) is 6.10 Å². The van der Waals surface area contributed by atoms with Crippen molar-refractivity contribution in [2.75, 3.05) is 6.61 Å². The van der Waals surface area contributed by atoms with E-state index < -0.39 is 0 Å². The maximum atomic E-state index is 5.66. The summed E-state index contributed by atoms with van der Waals surface area (Å²) >= 11 is 0. The summed E-state index contributed by atoms with van der Waals surface area (Å²) in [5.74, 6) is 2.26. The molecule has 0 bridgehead atoms. The molecule has 0 aromatic carbocycles. The summed E-state index contributed by atoms with van der Waals surface area (Å²) in [6, 6.07) is 0. The second kappa shape index (κ2) is 4.75. The fourth-order valence-electron chi connectivity index (χ4n) is 1.84. The van der Waals surface area contributed by atoms with E-state index in [0.29, 0.717) is 12.0 Å². The predicted molar refractivity (Wildman–Crippen MR) is 57.8 cm³/mol. The van der Waals surface area contributed by atoms with E-state index in [1.165, 1.54) is 12.8 Å². The van der Waals surface area contributed by atoms with Gasteiger partial charge in [-0.3, -0.25) is 5.10 Å². The summed E-state index contributed by atoms with van der Waals surface area (Å²) in [6.45, 7) is 5.10. The SMILES string of the molecule is CC(C)c1n[nH]c(CC2CCCCO2)n1. The summed E-state index contributed by atoms with van der Waals surface area (Å²) in [4.78, 5) is 4.46. The molecule has 1 fully saturated rings. The van der Waals surface area contributed by atoms with Crippen LogP contribution < -0.4 is 0 Å². The Balaban J connectivity index is 1.91. The Morgan fingerprint density at radius 3 is 2.93 bits per heavy atom. The van der Waals surface area contributed by atoms with E-state index in [1.807, 2.05) is 0 Å². The first-order chi connectivity index (χ1) is 7.25. The molecule has 15 heavy (non-hydrogen) atoms. The minimum Gasteiger partial charge on any atom is -0.378 e. The molecule has 1 N–H and O–H groups in total. The zero-order valence-corrected chi connectivity index (χ0v) is 9.49. The van der Waals surface area contributed by atoms with Gasteiger partial charge in [-0.1, -0.05) is 13.8 Å². The van der Waals surface area contributed by atoms with Crippen LogP contribution in [0.3, 0.4) is 0 Å². The minimum absolute atomic E-state index is 0.340. The standard InChI is InChI=1S/C11H19N3O/c1-8(2)11-12-10(13-14-11)7-9-5-3-4-6-15-9/h8-9H,3-7H2,1-2H3,(H,12,13,14). The molecular weight excluding hydrogens is 190 g/mol. The zero-order chi connectivity index (χ0) is 10.7. The predicted octanol–water partition coefficient (Wildman–Crippen LogP) is 2.04. The highest BCUT2D eigenvalue weighted by Gasteiger charge is 2.16. The lowest BCUT2D eigenvalue weighted by molar-refractivity contribution is 0.0157. The van der Waals surface area contributed by atoms with Crippen molar-refractivity contribution in [3.05, 3.63) is 11.6 Å². The average Bonchev–Trinajstić information content (AvgIpc) is 2.68. The molecule has 1 aromatic rings. The molecule has 1 aliphatic rings. The van der Waals surface area contributed by atoms with Crippen LogP contribution in [0.1, 0.15) is 50.7 Å². The monoisotopic (exact) mass is 209 g/mol. The summed E-state index contributed by atoms with van der Waals surface area (Å²) in [6.07, 6.45) is 4.84. The van der Waals surface area contributed by atoms with Crippen molar-refractivity contribution in [2.24, 2.45) is 0 Å². The molecule has 1 unspecified atom stereocenters. The van der Waals surface area contributed by atoms with E-state index in [1.54, 1.807) is 0 Å². The lowest BCUT2D eigenvalue weighted by atomic mass is 10.1. The number of aromatic nitrogens is 3. The first kappa shape index (κ1) is 10.6. The quantitative estimate of drug-likeness (QED) is 0.828. The van der Waals surface area contributed by atoms with Crippen molar-refractivity contribution in [1.82, 2.24) is 15.2 Å². The van der Waals surface area contributed by atoms with Crippen LogP contribution in [0.25, 0.3) is 0 Å². The van der Waals surface area contributed by atoms with E-state index in [9.17, 15) is 0 Å². The third kappa shape index (κ3) is 2.78. The molecule has 1 aromatic heterocycles. The van der Waals surface area contributed by atoms with Crippen LogP contribution >= 0.6 is 0 Å². The van der Waals surface area contributed by atoms with Gasteiger partial charge >= 0.3 is 0 Å². The third-order valence-electron chi connectivity index (χ3n) is 2.76. The molecule has 4 heteroatoms. The van der Waals surface area contributed by atoms with Crippen LogP contribution in [0.15, 0.2) is 0 Å². The van der Waals surface area contributed by atoms with Gasteiger partial charge in [0.15, 0.2) is 5.82 Å². The molecule has 0 amide bonds. The van der Waals surface area contributed by atoms with Crippen molar-refractivity contribution < 1.29 is 4.74 Å². The zero-order valence-electron chi connectivity index (χ0n) is 9.49. The number of hydrogen-bond acceptors (Lipinski definition) is 3. The maximum absolute atomic E-state index is 5.66. The fourth-order valence-corrected chi connectivity index (χ4v) is 1.84. The smallest absolute Gasteiger partial charge is 0.153 e. The topological polar surface area (TPSA) is 50.8 Å². The second-order valence-electron chi connectivity index (χ2n) is 4.49. The fraction of sp³-hybridized carbons (Fsp3) is 0.818. The van der Waals surface area contributed by atoms with Gasteiger partial charge in [0.2, 0.25) is 0 Å². The molecule has 84 valence electrons. The Morgan fingerprint density at radius 1 is 1.47 bits per heavy atom. The van der Waals surface area contributed by atoms with Crippen molar-refractivity contribution in [3.63, 3.8) is 0 Å². The van der Waals surface area contributed by atoms with E-state index in [4.69, 9.17) is 4.74 Å². The van der Waals surface area contributed by atoms with Gasteiger partial charge in [0.1, 0.15) is 5.82 Å². The lowest BCUT2D eigenvalue weighted by Gasteiger charge is -2.21. The Labute approximate surface area is 90.4 Å². The number of nitrogens with one attached hydrogen (secondary N) is 1. The van der Waals surface area contributed by atoms with E-state index in [2.05, 4.69) is 29.0 Å². The number of ether oxygens (including phenoxy) is 1. The first-order valence-electron chi connectivity index (χ1n) is 5.78. The van der Waals surface area contributed by atoms with Gasteiger partial charge in [0, 0.05) is 18.9 Å². The number of H-pyrrole nitrogens is 1. The van der Waals surface area contributed by atoms with Crippen molar-refractivity contribution in [2.45, 2.75) is 51.6 Å². The molecule has 0 aliphatic carbocycles. The van der Waals surface area contributed by atoms with Gasteiger partial charge in [0.25, 0.3) is 0 Å². The molecule has 0 saturated carbocycles. The van der Waals surface area contributed by atoms with Crippen molar-refractivity contribution in [3.8, 4) is 0 Å². The molecule has 1 atom stereocenters. The second-order valence-corrected chi connectivity index (χ2v) is 4.49. The van der Waals surface area contributed by atoms with Gasteiger partial charge in [-0.15, -0.1) is 0 Å². The number of aromatic amines is 1. The summed E-state index contributed by atoms with van der Waals surface area (Å²) in [5.41, 5.74) is 0. The molecule has 2 rings (SSSR count). The molecule has 1 saturated heterocycles. The Kier molecular flexibility index (Phi) is 3.36. The highest BCUT2D eigenvalue weighted by Crippen LogP contribution is 2.16. The normalized spacial score (nSPS) is 22.2. The third-order valence-corrected chi connectivity index (χ3v) is 2.76. The Bertz CT molecular complexity index is 303. The Morgan fingerprint density at radius 2 is 2.33 bits per heavy atom. The highest BCUT2D eigenvalue weighted by molar-refractivity contribution is 4.96. The lowest BCUT2D eigenvalue weighted by Crippen LogP contribution is -2.21. The molecule has 1 aliphatic heterocycles. The number of nitrogens with zero attached hydrogens (tertiary/aromatic N) is 2. The Hall–Kier alpha value is -0.900. The van der Waals surface area contributed by atoms with Crippen molar-refractivity contribution in [1.29, 1.82) is 0 Å². The van der Waals surface area contributed by atoms with Gasteiger partial charge in [-0.2, -0.15) is 5.10 Å². The number of hydrogen-bond donors (Lipinski definition) is 1. The first-order valence-corrected chi connectivity index (χ1v) is 5.78. The molecule has 0 spiro atoms. The van der Waals surface area contributed by atoms with E-state index in [-0.39, 0.29) is 0 Å². The number of rotatable bonds is 3. The van der Waals surface area contributed by atoms with Gasteiger partial charge in [-0.05, 0) is 19.3 Å². The van der Waals surface area contributed by atoms with E-state index >= 15 is 0 Å². The van der Waals surface area contributed by atoms with Crippen LogP contribution in [0.4, 0.5) is 0 Å². The molecular formula is C11H19N3O. The van der Waals surface area contributed by atoms with Crippen LogP contribution in [0.2, 0.25) is 0 Å². The molecule has 4 nitrogen and oxygen atoms in total. The van der Waals surface area contributed by atoms with Crippen LogP contribution in [-0.4, -0.2) is 27.9 Å². The molecule has 2 heterocycles. The van der Waals surface area contributed by atoms with Gasteiger partial charge < -0.3 is 4.74 Å².